The van der Waals surface area contributed by atoms with E-state index in [1.54, 1.807) is 0 Å². The van der Waals surface area contributed by atoms with Crippen LogP contribution in [0.1, 0.15) is 53.4 Å². The van der Waals surface area contributed by atoms with E-state index in [0.717, 1.165) is 38.8 Å². The van der Waals surface area contributed by atoms with Gasteiger partial charge in [-0.15, -0.1) is 0 Å². The largest absolute Gasteiger partial charge is 0.375 e. The smallest absolute Gasteiger partial charge is 0.0666 e. The van der Waals surface area contributed by atoms with Crippen LogP contribution in [0.15, 0.2) is 0 Å². The zero-order chi connectivity index (χ0) is 13.8. The first kappa shape index (κ1) is 15.9. The predicted molar refractivity (Wildman–Crippen MR) is 77.7 cm³/mol. The second kappa shape index (κ2) is 6.88. The summed E-state index contributed by atoms with van der Waals surface area (Å²) in [7, 11) is 2.24. The molecule has 0 bridgehead atoms. The summed E-state index contributed by atoms with van der Waals surface area (Å²) in [5, 5.41) is 0. The Bertz CT molecular complexity index is 245. The lowest BCUT2D eigenvalue weighted by atomic mass is 9.89. The molecule has 0 aromatic rings. The van der Waals surface area contributed by atoms with Gasteiger partial charge in [0.25, 0.3) is 0 Å². The average molecular weight is 256 g/mol. The Balaban J connectivity index is 2.39. The number of hydrogen-bond acceptors (Lipinski definition) is 3. The molecule has 0 aliphatic carbocycles. The van der Waals surface area contributed by atoms with E-state index in [4.69, 9.17) is 10.5 Å². The average Bonchev–Trinajstić information content (AvgIpc) is 2.35. The summed E-state index contributed by atoms with van der Waals surface area (Å²) in [6.07, 6.45) is 4.50. The molecule has 0 amide bonds. The van der Waals surface area contributed by atoms with Crippen LogP contribution in [-0.4, -0.2) is 42.8 Å². The Morgan fingerprint density at radius 1 is 1.44 bits per heavy atom. The van der Waals surface area contributed by atoms with Crippen LogP contribution in [0.5, 0.6) is 0 Å². The van der Waals surface area contributed by atoms with Gasteiger partial charge in [0.15, 0.2) is 0 Å². The fourth-order valence-corrected chi connectivity index (χ4v) is 2.59. The molecule has 1 fully saturated rings. The third kappa shape index (κ3) is 4.52. The van der Waals surface area contributed by atoms with Gasteiger partial charge in [-0.3, -0.25) is 0 Å². The quantitative estimate of drug-likeness (QED) is 0.794. The molecule has 1 rings (SSSR count). The van der Waals surface area contributed by atoms with Crippen molar-refractivity contribution in [2.75, 3.05) is 20.2 Å². The molecule has 1 aliphatic rings. The molecular formula is C15H32N2O. The van der Waals surface area contributed by atoms with E-state index in [1.807, 2.05) is 0 Å². The molecular weight excluding hydrogens is 224 g/mol. The van der Waals surface area contributed by atoms with E-state index >= 15 is 0 Å². The topological polar surface area (TPSA) is 38.5 Å². The Labute approximate surface area is 113 Å². The van der Waals surface area contributed by atoms with Crippen molar-refractivity contribution in [3.8, 4) is 0 Å². The zero-order valence-electron chi connectivity index (χ0n) is 12.9. The molecule has 108 valence electrons. The minimum atomic E-state index is 0.0807. The molecule has 3 nitrogen and oxygen atoms in total. The second-order valence-electron chi connectivity index (χ2n) is 6.48. The molecule has 1 aliphatic heterocycles. The molecule has 0 aromatic heterocycles. The van der Waals surface area contributed by atoms with Gasteiger partial charge in [0.2, 0.25) is 0 Å². The highest BCUT2D eigenvalue weighted by Crippen LogP contribution is 2.30. The second-order valence-corrected chi connectivity index (χ2v) is 6.48. The van der Waals surface area contributed by atoms with E-state index < -0.39 is 0 Å². The van der Waals surface area contributed by atoms with Gasteiger partial charge in [-0.25, -0.2) is 0 Å². The molecule has 18 heavy (non-hydrogen) atoms. The first-order valence-corrected chi connectivity index (χ1v) is 7.47. The van der Waals surface area contributed by atoms with E-state index in [2.05, 4.69) is 39.6 Å². The molecule has 2 N–H and O–H groups in total. The summed E-state index contributed by atoms with van der Waals surface area (Å²) in [6, 6.07) is 0.980. The van der Waals surface area contributed by atoms with Gasteiger partial charge < -0.3 is 15.4 Å². The SMILES string of the molecule is CCC1(C)CC(N(C)CCC(N)C(C)C)CCO1. The minimum Gasteiger partial charge on any atom is -0.375 e. The van der Waals surface area contributed by atoms with Crippen LogP contribution in [-0.2, 0) is 4.74 Å². The van der Waals surface area contributed by atoms with Gasteiger partial charge in [0.1, 0.15) is 0 Å². The Morgan fingerprint density at radius 3 is 2.67 bits per heavy atom. The maximum absolute atomic E-state index is 6.12. The fraction of sp³-hybridized carbons (Fsp3) is 1.00. The number of rotatable bonds is 6. The molecule has 3 heteroatoms. The highest BCUT2D eigenvalue weighted by Gasteiger charge is 2.33. The number of ether oxygens (including phenoxy) is 1. The molecule has 3 unspecified atom stereocenters. The molecule has 0 saturated carbocycles. The Morgan fingerprint density at radius 2 is 2.11 bits per heavy atom. The summed E-state index contributed by atoms with van der Waals surface area (Å²) in [4.78, 5) is 2.48. The maximum atomic E-state index is 6.12. The summed E-state index contributed by atoms with van der Waals surface area (Å²) >= 11 is 0. The van der Waals surface area contributed by atoms with Crippen LogP contribution in [0.25, 0.3) is 0 Å². The third-order valence-corrected chi connectivity index (χ3v) is 4.61. The van der Waals surface area contributed by atoms with Crippen LogP contribution in [0, 0.1) is 5.92 Å². The van der Waals surface area contributed by atoms with Crippen molar-refractivity contribution in [2.24, 2.45) is 11.7 Å². The van der Waals surface area contributed by atoms with Gasteiger partial charge in [-0.1, -0.05) is 20.8 Å². The van der Waals surface area contributed by atoms with Crippen molar-refractivity contribution in [3.05, 3.63) is 0 Å². The first-order chi connectivity index (χ1) is 8.38. The van der Waals surface area contributed by atoms with Crippen molar-refractivity contribution < 1.29 is 4.74 Å². The first-order valence-electron chi connectivity index (χ1n) is 7.47. The van der Waals surface area contributed by atoms with Crippen LogP contribution in [0.3, 0.4) is 0 Å². The van der Waals surface area contributed by atoms with Crippen molar-refractivity contribution in [1.82, 2.24) is 4.90 Å². The van der Waals surface area contributed by atoms with Gasteiger partial charge in [0.05, 0.1) is 5.60 Å². The third-order valence-electron chi connectivity index (χ3n) is 4.61. The molecule has 0 radical (unpaired) electrons. The number of nitrogens with zero attached hydrogens (tertiary/aromatic N) is 1. The lowest BCUT2D eigenvalue weighted by molar-refractivity contribution is -0.0937. The van der Waals surface area contributed by atoms with Crippen LogP contribution in [0.4, 0.5) is 0 Å². The monoisotopic (exact) mass is 256 g/mol. The van der Waals surface area contributed by atoms with E-state index in [9.17, 15) is 0 Å². The van der Waals surface area contributed by atoms with Crippen molar-refractivity contribution in [3.63, 3.8) is 0 Å². The molecule has 0 aromatic carbocycles. The minimum absolute atomic E-state index is 0.0807. The van der Waals surface area contributed by atoms with Crippen molar-refractivity contribution in [1.29, 1.82) is 0 Å². The Kier molecular flexibility index (Phi) is 6.09. The highest BCUT2D eigenvalue weighted by molar-refractivity contribution is 4.86. The van der Waals surface area contributed by atoms with E-state index in [1.165, 1.54) is 0 Å². The van der Waals surface area contributed by atoms with Gasteiger partial charge in [-0.05, 0) is 52.1 Å². The van der Waals surface area contributed by atoms with Crippen molar-refractivity contribution in [2.45, 2.75) is 71.1 Å². The van der Waals surface area contributed by atoms with Gasteiger partial charge >= 0.3 is 0 Å². The maximum Gasteiger partial charge on any atom is 0.0666 e. The highest BCUT2D eigenvalue weighted by atomic mass is 16.5. The Hall–Kier alpha value is -0.120. The van der Waals surface area contributed by atoms with E-state index in [0.29, 0.717) is 18.0 Å². The number of nitrogens with two attached hydrogens (primary N) is 1. The molecule has 3 atom stereocenters. The standard InChI is InChI=1S/C15H32N2O/c1-6-15(4)11-13(8-10-18-15)17(5)9-7-14(16)12(2)3/h12-14H,6-11,16H2,1-5H3. The molecule has 0 spiro atoms. The van der Waals surface area contributed by atoms with E-state index in [-0.39, 0.29) is 5.60 Å². The predicted octanol–water partition coefficient (Wildman–Crippen LogP) is 2.64. The van der Waals surface area contributed by atoms with Crippen LogP contribution < -0.4 is 5.73 Å². The van der Waals surface area contributed by atoms with Gasteiger partial charge in [-0.2, -0.15) is 0 Å². The summed E-state index contributed by atoms with van der Waals surface area (Å²) in [5.74, 6) is 0.578. The molecule has 1 heterocycles. The summed E-state index contributed by atoms with van der Waals surface area (Å²) in [5.41, 5.74) is 6.20. The summed E-state index contributed by atoms with van der Waals surface area (Å²) in [6.45, 7) is 10.9. The zero-order valence-corrected chi connectivity index (χ0v) is 12.9. The molecule has 1 saturated heterocycles. The number of hydrogen-bond donors (Lipinski definition) is 1. The fourth-order valence-electron chi connectivity index (χ4n) is 2.59. The van der Waals surface area contributed by atoms with Crippen LogP contribution >= 0.6 is 0 Å². The van der Waals surface area contributed by atoms with Crippen molar-refractivity contribution >= 4 is 0 Å². The van der Waals surface area contributed by atoms with Gasteiger partial charge in [0, 0.05) is 18.7 Å². The lowest BCUT2D eigenvalue weighted by Crippen LogP contribution is -2.46. The normalized spacial score (nSPS) is 31.0. The van der Waals surface area contributed by atoms with Crippen LogP contribution in [0.2, 0.25) is 0 Å². The summed E-state index contributed by atoms with van der Waals surface area (Å²) < 4.78 is 5.91. The lowest BCUT2D eigenvalue weighted by Gasteiger charge is -2.41.